The van der Waals surface area contributed by atoms with Crippen molar-refractivity contribution >= 4 is 21.7 Å². The standard InChI is InChI=1S/C15H17BrO2/c1-10-4-2-3-7-15(10)9-13(17)12-6-5-11(16)8-14(12)18-15/h5-6,8,10H,2-4,7,9H2,1H3. The molecule has 0 radical (unpaired) electrons. The minimum atomic E-state index is -0.247. The summed E-state index contributed by atoms with van der Waals surface area (Å²) < 4.78 is 7.24. The lowest BCUT2D eigenvalue weighted by Crippen LogP contribution is -2.49. The van der Waals surface area contributed by atoms with Gasteiger partial charge in [-0.15, -0.1) is 0 Å². The highest BCUT2D eigenvalue weighted by Crippen LogP contribution is 2.45. The Balaban J connectivity index is 2.01. The van der Waals surface area contributed by atoms with Crippen LogP contribution >= 0.6 is 15.9 Å². The number of Topliss-reactive ketones (excluding diaryl/α,β-unsaturated/α-hetero) is 1. The molecule has 3 rings (SSSR count). The van der Waals surface area contributed by atoms with Gasteiger partial charge >= 0.3 is 0 Å². The van der Waals surface area contributed by atoms with Crippen molar-refractivity contribution < 1.29 is 9.53 Å². The predicted molar refractivity (Wildman–Crippen MR) is 74.1 cm³/mol. The molecule has 2 unspecified atom stereocenters. The van der Waals surface area contributed by atoms with E-state index in [1.165, 1.54) is 12.8 Å². The van der Waals surface area contributed by atoms with Gasteiger partial charge in [0.05, 0.1) is 12.0 Å². The molecule has 1 fully saturated rings. The van der Waals surface area contributed by atoms with Crippen molar-refractivity contribution in [2.45, 2.75) is 44.6 Å². The molecule has 0 aromatic heterocycles. The van der Waals surface area contributed by atoms with Crippen LogP contribution in [-0.2, 0) is 0 Å². The molecule has 1 aromatic rings. The zero-order chi connectivity index (χ0) is 12.8. The summed E-state index contributed by atoms with van der Waals surface area (Å²) in [5, 5.41) is 0. The van der Waals surface area contributed by atoms with E-state index >= 15 is 0 Å². The largest absolute Gasteiger partial charge is 0.486 e. The Morgan fingerprint density at radius 3 is 3.00 bits per heavy atom. The molecule has 1 aliphatic heterocycles. The maximum Gasteiger partial charge on any atom is 0.170 e. The minimum Gasteiger partial charge on any atom is -0.486 e. The molecule has 2 aliphatic rings. The third-order valence-corrected chi connectivity index (χ3v) is 4.90. The number of benzene rings is 1. The Kier molecular flexibility index (Phi) is 2.97. The van der Waals surface area contributed by atoms with Crippen LogP contribution in [0.2, 0.25) is 0 Å². The summed E-state index contributed by atoms with van der Waals surface area (Å²) >= 11 is 3.45. The molecule has 1 heterocycles. The zero-order valence-corrected chi connectivity index (χ0v) is 12.1. The topological polar surface area (TPSA) is 26.3 Å². The Hall–Kier alpha value is -0.830. The van der Waals surface area contributed by atoms with E-state index in [-0.39, 0.29) is 11.4 Å². The van der Waals surface area contributed by atoms with Gasteiger partial charge in [0.25, 0.3) is 0 Å². The highest BCUT2D eigenvalue weighted by Gasteiger charge is 2.45. The molecule has 18 heavy (non-hydrogen) atoms. The van der Waals surface area contributed by atoms with Crippen LogP contribution in [-0.4, -0.2) is 11.4 Å². The molecule has 0 bridgehead atoms. The van der Waals surface area contributed by atoms with Gasteiger partial charge in [-0.2, -0.15) is 0 Å². The summed E-state index contributed by atoms with van der Waals surface area (Å²) in [6.07, 6.45) is 5.14. The van der Waals surface area contributed by atoms with Crippen LogP contribution in [0.5, 0.6) is 5.75 Å². The molecule has 0 amide bonds. The van der Waals surface area contributed by atoms with Gasteiger partial charge in [-0.1, -0.05) is 29.3 Å². The van der Waals surface area contributed by atoms with E-state index in [2.05, 4.69) is 22.9 Å². The van der Waals surface area contributed by atoms with Crippen molar-refractivity contribution in [3.63, 3.8) is 0 Å². The molecular formula is C15H17BrO2. The number of hydrogen-bond acceptors (Lipinski definition) is 2. The molecular weight excluding hydrogens is 292 g/mol. The summed E-state index contributed by atoms with van der Waals surface area (Å²) in [5.74, 6) is 1.45. The van der Waals surface area contributed by atoms with E-state index in [4.69, 9.17) is 4.74 Å². The average Bonchev–Trinajstić information content (AvgIpc) is 2.32. The summed E-state index contributed by atoms with van der Waals surface area (Å²) in [4.78, 5) is 12.3. The highest BCUT2D eigenvalue weighted by atomic mass is 79.9. The Morgan fingerprint density at radius 1 is 1.39 bits per heavy atom. The molecule has 0 N–H and O–H groups in total. The smallest absolute Gasteiger partial charge is 0.170 e. The van der Waals surface area contributed by atoms with Crippen LogP contribution in [0.3, 0.4) is 0 Å². The van der Waals surface area contributed by atoms with Gasteiger partial charge in [0, 0.05) is 4.47 Å². The van der Waals surface area contributed by atoms with E-state index < -0.39 is 0 Å². The second kappa shape index (κ2) is 4.37. The van der Waals surface area contributed by atoms with Crippen molar-refractivity contribution in [1.29, 1.82) is 0 Å². The lowest BCUT2D eigenvalue weighted by molar-refractivity contribution is -0.0258. The Labute approximate surface area is 116 Å². The first kappa shape index (κ1) is 12.2. The number of rotatable bonds is 0. The van der Waals surface area contributed by atoms with Crippen LogP contribution in [0.15, 0.2) is 22.7 Å². The molecule has 1 aliphatic carbocycles. The van der Waals surface area contributed by atoms with Crippen LogP contribution in [0.25, 0.3) is 0 Å². The van der Waals surface area contributed by atoms with Crippen molar-refractivity contribution in [3.8, 4) is 5.75 Å². The minimum absolute atomic E-state index is 0.234. The molecule has 3 heteroatoms. The number of halogens is 1. The highest BCUT2D eigenvalue weighted by molar-refractivity contribution is 9.10. The third-order valence-electron chi connectivity index (χ3n) is 4.40. The molecule has 2 nitrogen and oxygen atoms in total. The predicted octanol–water partition coefficient (Wildman–Crippen LogP) is 4.36. The second-order valence-corrected chi connectivity index (χ2v) is 6.47. The van der Waals surface area contributed by atoms with Crippen LogP contribution < -0.4 is 4.74 Å². The van der Waals surface area contributed by atoms with Gasteiger partial charge in [0.2, 0.25) is 0 Å². The summed E-state index contributed by atoms with van der Waals surface area (Å²) in [6, 6.07) is 5.69. The summed E-state index contributed by atoms with van der Waals surface area (Å²) in [7, 11) is 0. The third kappa shape index (κ3) is 1.89. The first-order valence-electron chi connectivity index (χ1n) is 6.62. The van der Waals surface area contributed by atoms with Crippen LogP contribution in [0.4, 0.5) is 0 Å². The lowest BCUT2D eigenvalue weighted by Gasteiger charge is -2.45. The quantitative estimate of drug-likeness (QED) is 0.711. The maximum atomic E-state index is 12.3. The van der Waals surface area contributed by atoms with Gasteiger partial charge in [0.1, 0.15) is 11.4 Å². The number of fused-ring (bicyclic) bond motifs is 1. The number of hydrogen-bond donors (Lipinski definition) is 0. The maximum absolute atomic E-state index is 12.3. The summed E-state index contributed by atoms with van der Waals surface area (Å²) in [6.45, 7) is 2.22. The fourth-order valence-corrected chi connectivity index (χ4v) is 3.57. The van der Waals surface area contributed by atoms with Crippen LogP contribution in [0.1, 0.15) is 49.4 Å². The van der Waals surface area contributed by atoms with Gasteiger partial charge < -0.3 is 4.74 Å². The number of carbonyl (C=O) groups excluding carboxylic acids is 1. The lowest BCUT2D eigenvalue weighted by atomic mass is 9.72. The Morgan fingerprint density at radius 2 is 2.22 bits per heavy atom. The molecule has 2 atom stereocenters. The van der Waals surface area contributed by atoms with Gasteiger partial charge in [-0.3, -0.25) is 4.79 Å². The second-order valence-electron chi connectivity index (χ2n) is 5.55. The van der Waals surface area contributed by atoms with Crippen molar-refractivity contribution in [2.75, 3.05) is 0 Å². The first-order chi connectivity index (χ1) is 8.61. The number of ether oxygens (including phenoxy) is 1. The van der Waals surface area contributed by atoms with Gasteiger partial charge in [0.15, 0.2) is 5.78 Å². The molecule has 1 spiro atoms. The molecule has 0 saturated heterocycles. The SMILES string of the molecule is CC1CCCCC12CC(=O)c1ccc(Br)cc1O2. The normalized spacial score (nSPS) is 31.0. The fraction of sp³-hybridized carbons (Fsp3) is 0.533. The molecule has 1 aromatic carbocycles. The van der Waals surface area contributed by atoms with E-state index in [1.807, 2.05) is 18.2 Å². The van der Waals surface area contributed by atoms with E-state index in [9.17, 15) is 4.79 Å². The van der Waals surface area contributed by atoms with Gasteiger partial charge in [-0.25, -0.2) is 0 Å². The van der Waals surface area contributed by atoms with E-state index in [0.717, 1.165) is 28.6 Å². The van der Waals surface area contributed by atoms with Crippen molar-refractivity contribution in [1.82, 2.24) is 0 Å². The van der Waals surface area contributed by atoms with Gasteiger partial charge in [-0.05, 0) is 43.4 Å². The first-order valence-corrected chi connectivity index (χ1v) is 7.42. The molecule has 1 saturated carbocycles. The monoisotopic (exact) mass is 308 g/mol. The fourth-order valence-electron chi connectivity index (χ4n) is 3.23. The van der Waals surface area contributed by atoms with Crippen molar-refractivity contribution in [2.24, 2.45) is 5.92 Å². The average molecular weight is 309 g/mol. The van der Waals surface area contributed by atoms with E-state index in [0.29, 0.717) is 12.3 Å². The van der Waals surface area contributed by atoms with E-state index in [1.54, 1.807) is 0 Å². The Bertz CT molecular complexity index is 497. The number of ketones is 1. The zero-order valence-electron chi connectivity index (χ0n) is 10.5. The summed E-state index contributed by atoms with van der Waals surface area (Å²) in [5.41, 5.74) is 0.491. The van der Waals surface area contributed by atoms with Crippen molar-refractivity contribution in [3.05, 3.63) is 28.2 Å². The number of carbonyl (C=O) groups is 1. The van der Waals surface area contributed by atoms with Crippen LogP contribution in [0, 0.1) is 5.92 Å². The molecule has 96 valence electrons.